The van der Waals surface area contributed by atoms with Gasteiger partial charge in [0.05, 0.1) is 6.54 Å². The summed E-state index contributed by atoms with van der Waals surface area (Å²) in [6.07, 6.45) is 0. The Balaban J connectivity index is 1.79. The molecule has 0 aliphatic heterocycles. The number of hydrogen-bond acceptors (Lipinski definition) is 4. The topological polar surface area (TPSA) is 84.3 Å². The van der Waals surface area contributed by atoms with E-state index in [0.29, 0.717) is 30.3 Å². The van der Waals surface area contributed by atoms with Crippen molar-refractivity contribution in [3.8, 4) is 11.5 Å². The SMILES string of the molecule is [N-]=[N+]=NCC(=O)c1ccc(OCc2ccccc2)c(OCc2ccccc2)c1. The van der Waals surface area contributed by atoms with Crippen LogP contribution in [0.15, 0.2) is 84.0 Å². The van der Waals surface area contributed by atoms with Gasteiger partial charge in [-0.05, 0) is 34.9 Å². The minimum atomic E-state index is -0.281. The number of carbonyl (C=O) groups is 1. The Morgan fingerprint density at radius 3 is 1.96 bits per heavy atom. The molecule has 0 saturated heterocycles. The lowest BCUT2D eigenvalue weighted by atomic mass is 10.1. The fourth-order valence-electron chi connectivity index (χ4n) is 2.57. The molecular weight excluding hydrogens is 354 g/mol. The van der Waals surface area contributed by atoms with Crippen LogP contribution in [0.4, 0.5) is 0 Å². The Morgan fingerprint density at radius 1 is 0.821 bits per heavy atom. The molecular formula is C22H19N3O3. The van der Waals surface area contributed by atoms with Gasteiger partial charge >= 0.3 is 0 Å². The highest BCUT2D eigenvalue weighted by atomic mass is 16.5. The van der Waals surface area contributed by atoms with Crippen molar-refractivity contribution >= 4 is 5.78 Å². The van der Waals surface area contributed by atoms with Crippen LogP contribution >= 0.6 is 0 Å². The molecule has 0 N–H and O–H groups in total. The molecule has 0 fully saturated rings. The van der Waals surface area contributed by atoms with Gasteiger partial charge in [-0.1, -0.05) is 65.8 Å². The lowest BCUT2D eigenvalue weighted by Crippen LogP contribution is -2.05. The van der Waals surface area contributed by atoms with Crippen LogP contribution in [0.25, 0.3) is 10.4 Å². The normalized spacial score (nSPS) is 10.0. The third-order valence-corrected chi connectivity index (χ3v) is 4.02. The number of carbonyl (C=O) groups excluding carboxylic acids is 1. The maximum Gasteiger partial charge on any atom is 0.168 e. The Hall–Kier alpha value is -3.76. The van der Waals surface area contributed by atoms with Crippen LogP contribution in [0.3, 0.4) is 0 Å². The highest BCUT2D eigenvalue weighted by Crippen LogP contribution is 2.30. The first kappa shape index (κ1) is 19.0. The third kappa shape index (κ3) is 5.37. The quantitative estimate of drug-likeness (QED) is 0.220. The van der Waals surface area contributed by atoms with Crippen molar-refractivity contribution in [2.75, 3.05) is 6.54 Å². The summed E-state index contributed by atoms with van der Waals surface area (Å²) in [5.41, 5.74) is 10.8. The van der Waals surface area contributed by atoms with Crippen molar-refractivity contribution in [3.05, 3.63) is 106 Å². The molecule has 0 spiro atoms. The molecule has 0 saturated carbocycles. The first-order chi connectivity index (χ1) is 13.8. The van der Waals surface area contributed by atoms with Gasteiger partial charge in [0.1, 0.15) is 13.2 Å². The van der Waals surface area contributed by atoms with Crippen molar-refractivity contribution < 1.29 is 14.3 Å². The predicted octanol–water partition coefficient (Wildman–Crippen LogP) is 5.34. The van der Waals surface area contributed by atoms with E-state index in [1.165, 1.54) is 0 Å². The van der Waals surface area contributed by atoms with Crippen LogP contribution in [0.5, 0.6) is 11.5 Å². The van der Waals surface area contributed by atoms with Gasteiger partial charge in [-0.25, -0.2) is 0 Å². The molecule has 3 aromatic rings. The molecule has 0 bridgehead atoms. The van der Waals surface area contributed by atoms with Crippen LogP contribution in [-0.2, 0) is 13.2 Å². The molecule has 6 nitrogen and oxygen atoms in total. The van der Waals surface area contributed by atoms with E-state index in [1.54, 1.807) is 18.2 Å². The maximum absolute atomic E-state index is 12.2. The second kappa shape index (κ2) is 9.80. The summed E-state index contributed by atoms with van der Waals surface area (Å²) in [6, 6.07) is 24.5. The lowest BCUT2D eigenvalue weighted by Gasteiger charge is -2.14. The van der Waals surface area contributed by atoms with E-state index < -0.39 is 0 Å². The average Bonchev–Trinajstić information content (AvgIpc) is 2.76. The largest absolute Gasteiger partial charge is 0.485 e. The van der Waals surface area contributed by atoms with E-state index in [9.17, 15) is 4.79 Å². The summed E-state index contributed by atoms with van der Waals surface area (Å²) in [7, 11) is 0. The molecule has 3 aromatic carbocycles. The Labute approximate surface area is 163 Å². The Bertz CT molecular complexity index is 969. The first-order valence-corrected chi connectivity index (χ1v) is 8.78. The zero-order valence-electron chi connectivity index (χ0n) is 15.2. The van der Waals surface area contributed by atoms with Gasteiger partial charge in [0.2, 0.25) is 0 Å². The third-order valence-electron chi connectivity index (χ3n) is 4.02. The molecule has 0 atom stereocenters. The van der Waals surface area contributed by atoms with Gasteiger partial charge in [0, 0.05) is 10.5 Å². The van der Waals surface area contributed by atoms with Gasteiger partial charge in [0.25, 0.3) is 0 Å². The highest BCUT2D eigenvalue weighted by Gasteiger charge is 2.12. The molecule has 0 aromatic heterocycles. The van der Waals surface area contributed by atoms with Crippen LogP contribution in [0.1, 0.15) is 21.5 Å². The average molecular weight is 373 g/mol. The van der Waals surface area contributed by atoms with Crippen molar-refractivity contribution in [1.29, 1.82) is 0 Å². The zero-order chi connectivity index (χ0) is 19.6. The molecule has 0 heterocycles. The molecule has 0 amide bonds. The first-order valence-electron chi connectivity index (χ1n) is 8.78. The van der Waals surface area contributed by atoms with E-state index in [2.05, 4.69) is 10.0 Å². The van der Waals surface area contributed by atoms with E-state index in [-0.39, 0.29) is 12.3 Å². The summed E-state index contributed by atoms with van der Waals surface area (Å²) in [4.78, 5) is 14.8. The van der Waals surface area contributed by atoms with Crippen molar-refractivity contribution in [1.82, 2.24) is 0 Å². The van der Waals surface area contributed by atoms with E-state index in [1.807, 2.05) is 60.7 Å². The number of azide groups is 1. The second-order valence-corrected chi connectivity index (χ2v) is 6.02. The smallest absolute Gasteiger partial charge is 0.168 e. The van der Waals surface area contributed by atoms with Gasteiger partial charge < -0.3 is 9.47 Å². The van der Waals surface area contributed by atoms with Crippen molar-refractivity contribution in [2.24, 2.45) is 5.11 Å². The molecule has 0 unspecified atom stereocenters. The van der Waals surface area contributed by atoms with Gasteiger partial charge in [-0.3, -0.25) is 4.79 Å². The number of nitrogens with zero attached hydrogens (tertiary/aromatic N) is 3. The molecule has 0 aliphatic carbocycles. The zero-order valence-corrected chi connectivity index (χ0v) is 15.2. The number of ether oxygens (including phenoxy) is 2. The lowest BCUT2D eigenvalue weighted by molar-refractivity contribution is 0.100. The summed E-state index contributed by atoms with van der Waals surface area (Å²) in [6.45, 7) is 0.490. The fraction of sp³-hybridized carbons (Fsp3) is 0.136. The number of benzene rings is 3. The minimum Gasteiger partial charge on any atom is -0.485 e. The van der Waals surface area contributed by atoms with Gasteiger partial charge in [-0.2, -0.15) is 0 Å². The summed E-state index contributed by atoms with van der Waals surface area (Å²) in [5.74, 6) is 0.726. The Kier molecular flexibility index (Phi) is 6.66. The van der Waals surface area contributed by atoms with E-state index in [4.69, 9.17) is 15.0 Å². The van der Waals surface area contributed by atoms with Crippen LogP contribution in [-0.4, -0.2) is 12.3 Å². The molecule has 3 rings (SSSR count). The number of hydrogen-bond donors (Lipinski definition) is 0. The summed E-state index contributed by atoms with van der Waals surface area (Å²) in [5, 5.41) is 3.33. The molecule has 6 heteroatoms. The van der Waals surface area contributed by atoms with Crippen LogP contribution < -0.4 is 9.47 Å². The minimum absolute atomic E-state index is 0.237. The molecule has 28 heavy (non-hydrogen) atoms. The second-order valence-electron chi connectivity index (χ2n) is 6.02. The number of Topliss-reactive ketones (excluding diaryl/α,β-unsaturated/α-hetero) is 1. The highest BCUT2D eigenvalue weighted by molar-refractivity contribution is 5.98. The number of rotatable bonds is 9. The van der Waals surface area contributed by atoms with Gasteiger partial charge in [-0.15, -0.1) is 0 Å². The van der Waals surface area contributed by atoms with E-state index in [0.717, 1.165) is 11.1 Å². The molecule has 140 valence electrons. The van der Waals surface area contributed by atoms with Crippen LogP contribution in [0, 0.1) is 0 Å². The summed E-state index contributed by atoms with van der Waals surface area (Å²) >= 11 is 0. The number of ketones is 1. The molecule has 0 radical (unpaired) electrons. The van der Waals surface area contributed by atoms with E-state index >= 15 is 0 Å². The Morgan fingerprint density at radius 2 is 1.39 bits per heavy atom. The fourth-order valence-corrected chi connectivity index (χ4v) is 2.57. The van der Waals surface area contributed by atoms with Crippen molar-refractivity contribution in [3.63, 3.8) is 0 Å². The monoisotopic (exact) mass is 373 g/mol. The van der Waals surface area contributed by atoms with Gasteiger partial charge in [0.15, 0.2) is 17.3 Å². The molecule has 0 aliphatic rings. The predicted molar refractivity (Wildman–Crippen MR) is 106 cm³/mol. The summed E-state index contributed by atoms with van der Waals surface area (Å²) < 4.78 is 11.8. The maximum atomic E-state index is 12.2. The van der Waals surface area contributed by atoms with Crippen LogP contribution in [0.2, 0.25) is 0 Å². The van der Waals surface area contributed by atoms with Crippen molar-refractivity contribution in [2.45, 2.75) is 13.2 Å². The standard InChI is InChI=1S/C22H19N3O3/c23-25-24-14-20(26)19-11-12-21(27-15-17-7-3-1-4-8-17)22(13-19)28-16-18-9-5-2-6-10-18/h1-13H,14-16H2.